The van der Waals surface area contributed by atoms with Crippen molar-refractivity contribution in [3.63, 3.8) is 0 Å². The molecule has 1 atom stereocenters. The number of anilines is 2. The summed E-state index contributed by atoms with van der Waals surface area (Å²) >= 11 is 0. The van der Waals surface area contributed by atoms with Crippen molar-refractivity contribution in [2.24, 2.45) is 4.99 Å². The van der Waals surface area contributed by atoms with Gasteiger partial charge in [0.05, 0.1) is 6.61 Å². The van der Waals surface area contributed by atoms with Gasteiger partial charge in [-0.25, -0.2) is 0 Å². The van der Waals surface area contributed by atoms with Crippen LogP contribution in [0.25, 0.3) is 0 Å². The van der Waals surface area contributed by atoms with E-state index in [1.165, 1.54) is 11.3 Å². The number of nitrogens with one attached hydrogen (secondary N) is 3. The molecule has 0 amide bonds. The van der Waals surface area contributed by atoms with E-state index in [0.29, 0.717) is 12.6 Å². The summed E-state index contributed by atoms with van der Waals surface area (Å²) in [6.45, 7) is 4.32. The average molecular weight is 509 g/mol. The topological polar surface area (TPSA) is 60.9 Å². The molecule has 0 saturated carbocycles. The molecule has 158 valence electrons. The second-order valence-electron chi connectivity index (χ2n) is 6.95. The third kappa shape index (κ3) is 7.40. The van der Waals surface area contributed by atoms with Crippen molar-refractivity contribution in [3.05, 3.63) is 60.2 Å². The SMILES string of the molecule is CN=C(NCc1ccc(NCCOC)cc1)NC1CCN(c2ccccc2)C1.I. The van der Waals surface area contributed by atoms with Gasteiger partial charge in [0.2, 0.25) is 0 Å². The summed E-state index contributed by atoms with van der Waals surface area (Å²) in [6, 6.07) is 19.4. The molecular weight excluding hydrogens is 477 g/mol. The lowest BCUT2D eigenvalue weighted by Gasteiger charge is -2.20. The molecule has 0 spiro atoms. The first-order valence-electron chi connectivity index (χ1n) is 9.87. The second-order valence-corrected chi connectivity index (χ2v) is 6.95. The smallest absolute Gasteiger partial charge is 0.191 e. The van der Waals surface area contributed by atoms with Crippen molar-refractivity contribution in [1.82, 2.24) is 10.6 Å². The Balaban J connectivity index is 0.00000300. The van der Waals surface area contributed by atoms with Crippen LogP contribution in [0.15, 0.2) is 59.6 Å². The number of aliphatic imine (C=N–C) groups is 1. The van der Waals surface area contributed by atoms with E-state index in [2.05, 4.69) is 80.4 Å². The number of nitrogens with zero attached hydrogens (tertiary/aromatic N) is 2. The summed E-state index contributed by atoms with van der Waals surface area (Å²) in [5.74, 6) is 0.849. The van der Waals surface area contributed by atoms with Gasteiger partial charge in [-0.3, -0.25) is 4.99 Å². The summed E-state index contributed by atoms with van der Waals surface area (Å²) in [5, 5.41) is 10.3. The van der Waals surface area contributed by atoms with E-state index >= 15 is 0 Å². The number of halogens is 1. The van der Waals surface area contributed by atoms with Gasteiger partial charge in [-0.2, -0.15) is 0 Å². The molecule has 1 fully saturated rings. The second kappa shape index (κ2) is 12.5. The predicted octanol–water partition coefficient (Wildman–Crippen LogP) is 3.31. The maximum Gasteiger partial charge on any atom is 0.191 e. The molecule has 1 saturated heterocycles. The van der Waals surface area contributed by atoms with E-state index < -0.39 is 0 Å². The fourth-order valence-corrected chi connectivity index (χ4v) is 3.36. The highest BCUT2D eigenvalue weighted by molar-refractivity contribution is 14.0. The van der Waals surface area contributed by atoms with Crippen molar-refractivity contribution in [1.29, 1.82) is 0 Å². The first-order chi connectivity index (χ1) is 13.8. The Morgan fingerprint density at radius 2 is 1.90 bits per heavy atom. The van der Waals surface area contributed by atoms with Gasteiger partial charge in [0.15, 0.2) is 5.96 Å². The highest BCUT2D eigenvalue weighted by Crippen LogP contribution is 2.19. The van der Waals surface area contributed by atoms with Gasteiger partial charge < -0.3 is 25.6 Å². The van der Waals surface area contributed by atoms with E-state index in [-0.39, 0.29) is 24.0 Å². The molecular formula is C22H32IN5O. The molecule has 2 aromatic rings. The quantitative estimate of drug-likeness (QED) is 0.221. The van der Waals surface area contributed by atoms with Crippen LogP contribution in [-0.2, 0) is 11.3 Å². The Morgan fingerprint density at radius 3 is 2.59 bits per heavy atom. The minimum Gasteiger partial charge on any atom is -0.383 e. The van der Waals surface area contributed by atoms with Crippen molar-refractivity contribution >= 4 is 41.3 Å². The fourth-order valence-electron chi connectivity index (χ4n) is 3.36. The molecule has 29 heavy (non-hydrogen) atoms. The minimum absolute atomic E-state index is 0. The van der Waals surface area contributed by atoms with Gasteiger partial charge >= 0.3 is 0 Å². The lowest BCUT2D eigenvalue weighted by Crippen LogP contribution is -2.44. The Bertz CT molecular complexity index is 739. The molecule has 1 aliphatic heterocycles. The number of rotatable bonds is 8. The van der Waals surface area contributed by atoms with Crippen molar-refractivity contribution in [2.75, 3.05) is 50.6 Å². The summed E-state index contributed by atoms with van der Waals surface area (Å²) in [5.41, 5.74) is 3.61. The molecule has 0 bridgehead atoms. The summed E-state index contributed by atoms with van der Waals surface area (Å²) in [7, 11) is 3.53. The maximum absolute atomic E-state index is 5.06. The summed E-state index contributed by atoms with van der Waals surface area (Å²) < 4.78 is 5.06. The Kier molecular flexibility index (Phi) is 10.1. The zero-order chi connectivity index (χ0) is 19.6. The third-order valence-electron chi connectivity index (χ3n) is 4.92. The van der Waals surface area contributed by atoms with Crippen molar-refractivity contribution in [3.8, 4) is 0 Å². The lowest BCUT2D eigenvalue weighted by atomic mass is 10.2. The number of para-hydroxylation sites is 1. The Morgan fingerprint density at radius 1 is 1.14 bits per heavy atom. The molecule has 0 radical (unpaired) electrons. The van der Waals surface area contributed by atoms with Gasteiger partial charge in [0.1, 0.15) is 0 Å². The Labute approximate surface area is 191 Å². The van der Waals surface area contributed by atoms with Gasteiger partial charge in [-0.1, -0.05) is 30.3 Å². The van der Waals surface area contributed by atoms with E-state index in [1.54, 1.807) is 7.11 Å². The van der Waals surface area contributed by atoms with E-state index in [1.807, 2.05) is 7.05 Å². The Hall–Kier alpha value is -2.00. The summed E-state index contributed by atoms with van der Waals surface area (Å²) in [4.78, 5) is 6.80. The number of benzene rings is 2. The van der Waals surface area contributed by atoms with Crippen molar-refractivity contribution < 1.29 is 4.74 Å². The normalized spacial score (nSPS) is 16.3. The molecule has 1 aliphatic rings. The van der Waals surface area contributed by atoms with Gasteiger partial charge in [0.25, 0.3) is 0 Å². The summed E-state index contributed by atoms with van der Waals surface area (Å²) in [6.07, 6.45) is 1.11. The molecule has 7 heteroatoms. The first kappa shape index (κ1) is 23.3. The minimum atomic E-state index is 0. The molecule has 2 aromatic carbocycles. The molecule has 1 heterocycles. The number of ether oxygens (including phenoxy) is 1. The fraction of sp³-hybridized carbons (Fsp3) is 0.409. The maximum atomic E-state index is 5.06. The molecule has 0 aromatic heterocycles. The van der Waals surface area contributed by atoms with Gasteiger partial charge in [-0.05, 0) is 36.2 Å². The molecule has 3 rings (SSSR count). The van der Waals surface area contributed by atoms with Crippen LogP contribution in [0.3, 0.4) is 0 Å². The van der Waals surface area contributed by atoms with E-state index in [9.17, 15) is 0 Å². The average Bonchev–Trinajstić information content (AvgIpc) is 3.21. The van der Waals surface area contributed by atoms with E-state index in [0.717, 1.165) is 44.2 Å². The number of hydrogen-bond acceptors (Lipinski definition) is 4. The molecule has 6 nitrogen and oxygen atoms in total. The zero-order valence-corrected chi connectivity index (χ0v) is 19.6. The largest absolute Gasteiger partial charge is 0.383 e. The van der Waals surface area contributed by atoms with Crippen LogP contribution in [0.5, 0.6) is 0 Å². The number of hydrogen-bond donors (Lipinski definition) is 3. The van der Waals surface area contributed by atoms with Crippen LogP contribution in [-0.4, -0.2) is 52.4 Å². The van der Waals surface area contributed by atoms with Crippen LogP contribution >= 0.6 is 24.0 Å². The van der Waals surface area contributed by atoms with Gasteiger partial charge in [0, 0.05) is 57.8 Å². The number of methoxy groups -OCH3 is 1. The van der Waals surface area contributed by atoms with Crippen LogP contribution in [0.1, 0.15) is 12.0 Å². The standard InChI is InChI=1S/C22H31N5O.HI/c1-23-22(25-16-18-8-10-19(11-9-18)24-13-15-28-2)26-20-12-14-27(17-20)21-6-4-3-5-7-21;/h3-11,20,24H,12-17H2,1-2H3,(H2,23,25,26);1H. The lowest BCUT2D eigenvalue weighted by molar-refractivity contribution is 0.211. The van der Waals surface area contributed by atoms with E-state index in [4.69, 9.17) is 4.74 Å². The third-order valence-corrected chi connectivity index (χ3v) is 4.92. The first-order valence-corrected chi connectivity index (χ1v) is 9.87. The number of guanidine groups is 1. The zero-order valence-electron chi connectivity index (χ0n) is 17.2. The van der Waals surface area contributed by atoms with Crippen LogP contribution in [0.4, 0.5) is 11.4 Å². The highest BCUT2D eigenvalue weighted by Gasteiger charge is 2.23. The molecule has 3 N–H and O–H groups in total. The van der Waals surface area contributed by atoms with Crippen LogP contribution in [0, 0.1) is 0 Å². The monoisotopic (exact) mass is 509 g/mol. The molecule has 1 unspecified atom stereocenters. The molecule has 0 aliphatic carbocycles. The predicted molar refractivity (Wildman–Crippen MR) is 133 cm³/mol. The van der Waals surface area contributed by atoms with Crippen LogP contribution in [0.2, 0.25) is 0 Å². The van der Waals surface area contributed by atoms with Gasteiger partial charge in [-0.15, -0.1) is 24.0 Å². The van der Waals surface area contributed by atoms with Crippen LogP contribution < -0.4 is 20.9 Å². The highest BCUT2D eigenvalue weighted by atomic mass is 127. The van der Waals surface area contributed by atoms with Crippen molar-refractivity contribution in [2.45, 2.75) is 19.0 Å².